The van der Waals surface area contributed by atoms with Crippen LogP contribution in [0.4, 0.5) is 0 Å². The van der Waals surface area contributed by atoms with E-state index in [1.54, 1.807) is 0 Å². The van der Waals surface area contributed by atoms with Gasteiger partial charge in [-0.05, 0) is 0 Å². The summed E-state index contributed by atoms with van der Waals surface area (Å²) in [6.45, 7) is -2.71. The lowest BCUT2D eigenvalue weighted by Crippen LogP contribution is -2.43. The summed E-state index contributed by atoms with van der Waals surface area (Å²) in [5.41, 5.74) is 0. The summed E-state index contributed by atoms with van der Waals surface area (Å²) in [4.78, 5) is 84.5. The Labute approximate surface area is 144 Å². The number of hydrogen-bond acceptors (Lipinski definition) is 12. The average molecular weight is 378 g/mol. The van der Waals surface area contributed by atoms with Gasteiger partial charge < -0.3 is 10.2 Å². The molecule has 0 amide bonds. The lowest BCUT2D eigenvalue weighted by molar-refractivity contribution is -0.276. The Morgan fingerprint density at radius 1 is 0.846 bits per heavy atom. The van der Waals surface area contributed by atoms with E-state index in [9.17, 15) is 28.8 Å². The predicted octanol–water partition coefficient (Wildman–Crippen LogP) is -3.22. The first kappa shape index (κ1) is 20.8. The Kier molecular flexibility index (Phi) is 7.91. The fourth-order valence-electron chi connectivity index (χ4n) is 1.75. The summed E-state index contributed by atoms with van der Waals surface area (Å²) >= 11 is 0. The van der Waals surface area contributed by atoms with Crippen LogP contribution in [0.5, 0.6) is 0 Å². The van der Waals surface area contributed by atoms with Crippen LogP contribution < -0.4 is 0 Å². The summed E-state index contributed by atoms with van der Waals surface area (Å²) in [6.07, 6.45) is 0. The van der Waals surface area contributed by atoms with Crippen molar-refractivity contribution in [3.05, 3.63) is 0 Å². The van der Waals surface area contributed by atoms with Crippen LogP contribution in [0.25, 0.3) is 0 Å². The predicted molar refractivity (Wildman–Crippen MR) is 72.5 cm³/mol. The zero-order valence-electron chi connectivity index (χ0n) is 13.1. The molecule has 0 aromatic heterocycles. The van der Waals surface area contributed by atoms with E-state index in [1.807, 2.05) is 0 Å². The molecule has 0 radical (unpaired) electrons. The van der Waals surface area contributed by atoms with Gasteiger partial charge in [0.25, 0.3) is 0 Å². The molecular weight excluding hydrogens is 364 g/mol. The van der Waals surface area contributed by atoms with Gasteiger partial charge in [0.2, 0.25) is 0 Å². The Morgan fingerprint density at radius 3 is 1.65 bits per heavy atom. The molecule has 0 aliphatic carbocycles. The fourth-order valence-corrected chi connectivity index (χ4v) is 1.75. The summed E-state index contributed by atoms with van der Waals surface area (Å²) in [5, 5.41) is 17.5. The van der Waals surface area contributed by atoms with Gasteiger partial charge in [-0.25, -0.2) is 38.7 Å². The highest BCUT2D eigenvalue weighted by molar-refractivity contribution is 6.29. The number of carboxylic acids is 2. The second-order valence-electron chi connectivity index (χ2n) is 4.86. The van der Waals surface area contributed by atoms with Crippen molar-refractivity contribution in [2.45, 2.75) is 0 Å². The number of carboxylic acid groups (broad SMARTS) is 2. The molecule has 14 heteroatoms. The second kappa shape index (κ2) is 9.90. The van der Waals surface area contributed by atoms with E-state index in [2.05, 4.69) is 19.6 Å². The quantitative estimate of drug-likeness (QED) is 0.332. The SMILES string of the molecule is O=C(O)CN(CCN1CC(=O)OOC(=O)C(=O)OOC(=O)C1)CC(=O)O. The van der Waals surface area contributed by atoms with Crippen molar-refractivity contribution in [1.29, 1.82) is 0 Å². The van der Waals surface area contributed by atoms with Gasteiger partial charge >= 0.3 is 35.8 Å². The summed E-state index contributed by atoms with van der Waals surface area (Å²) in [6, 6.07) is 0. The van der Waals surface area contributed by atoms with E-state index in [1.165, 1.54) is 0 Å². The topological polar surface area (TPSA) is 186 Å². The molecule has 0 aromatic carbocycles. The van der Waals surface area contributed by atoms with E-state index in [0.717, 1.165) is 9.80 Å². The highest BCUT2D eigenvalue weighted by Gasteiger charge is 2.28. The number of aliphatic carboxylic acids is 2. The molecule has 0 bridgehead atoms. The Balaban J connectivity index is 2.73. The van der Waals surface area contributed by atoms with E-state index in [0.29, 0.717) is 0 Å². The highest BCUT2D eigenvalue weighted by atomic mass is 17.2. The molecule has 1 aliphatic rings. The number of rotatable bonds is 7. The van der Waals surface area contributed by atoms with Crippen molar-refractivity contribution in [3.8, 4) is 0 Å². The molecule has 14 nitrogen and oxygen atoms in total. The van der Waals surface area contributed by atoms with Crippen LogP contribution in [0.1, 0.15) is 0 Å². The molecule has 1 fully saturated rings. The van der Waals surface area contributed by atoms with Gasteiger partial charge in [-0.15, -0.1) is 0 Å². The van der Waals surface area contributed by atoms with Crippen molar-refractivity contribution in [3.63, 3.8) is 0 Å². The van der Waals surface area contributed by atoms with Gasteiger partial charge in [0, 0.05) is 13.1 Å². The Morgan fingerprint density at radius 2 is 1.27 bits per heavy atom. The standard InChI is InChI=1S/C12H14N2O12/c15-7(16)3-13(4-8(17)18)1-2-14-5-9(19)23-25-11(21)12(22)26-24-10(20)6-14/h1-6H2,(H,15,16)(H,17,18). The van der Waals surface area contributed by atoms with Crippen LogP contribution in [0.3, 0.4) is 0 Å². The Bertz CT molecular complexity index is 555. The van der Waals surface area contributed by atoms with E-state index in [-0.39, 0.29) is 13.1 Å². The van der Waals surface area contributed by atoms with Crippen LogP contribution in [0.15, 0.2) is 0 Å². The van der Waals surface area contributed by atoms with E-state index >= 15 is 0 Å². The van der Waals surface area contributed by atoms with Gasteiger partial charge in [-0.1, -0.05) is 0 Å². The smallest absolute Gasteiger partial charge is 0.467 e. The second-order valence-corrected chi connectivity index (χ2v) is 4.86. The molecule has 144 valence electrons. The first-order valence-corrected chi connectivity index (χ1v) is 6.88. The van der Waals surface area contributed by atoms with Gasteiger partial charge in [0.1, 0.15) is 13.1 Å². The zero-order chi connectivity index (χ0) is 19.7. The Hall–Kier alpha value is -3.26. The fraction of sp³-hybridized carbons (Fsp3) is 0.500. The molecular formula is C12H14N2O12. The molecule has 0 saturated carbocycles. The van der Waals surface area contributed by atoms with Crippen molar-refractivity contribution >= 4 is 35.8 Å². The number of carbonyl (C=O) groups is 6. The summed E-state index contributed by atoms with van der Waals surface area (Å²) in [5.74, 6) is -8.31. The van der Waals surface area contributed by atoms with Crippen molar-refractivity contribution in [1.82, 2.24) is 9.80 Å². The van der Waals surface area contributed by atoms with Crippen molar-refractivity contribution < 1.29 is 58.5 Å². The molecule has 0 spiro atoms. The third kappa shape index (κ3) is 8.02. The van der Waals surface area contributed by atoms with Crippen LogP contribution >= 0.6 is 0 Å². The first-order chi connectivity index (χ1) is 12.2. The van der Waals surface area contributed by atoms with Crippen molar-refractivity contribution in [2.75, 3.05) is 39.3 Å². The maximum Gasteiger partial charge on any atom is 0.467 e. The van der Waals surface area contributed by atoms with Crippen LogP contribution in [-0.2, 0) is 48.3 Å². The largest absolute Gasteiger partial charge is 0.480 e. The molecule has 1 aliphatic heterocycles. The van der Waals surface area contributed by atoms with Gasteiger partial charge in [-0.2, -0.15) is 0 Å². The van der Waals surface area contributed by atoms with E-state index < -0.39 is 62.0 Å². The van der Waals surface area contributed by atoms with Gasteiger partial charge in [-0.3, -0.25) is 19.4 Å². The van der Waals surface area contributed by atoms with Crippen molar-refractivity contribution in [2.24, 2.45) is 0 Å². The molecule has 1 saturated heterocycles. The molecule has 26 heavy (non-hydrogen) atoms. The highest BCUT2D eigenvalue weighted by Crippen LogP contribution is 2.00. The third-order valence-corrected chi connectivity index (χ3v) is 2.74. The molecule has 0 aromatic rings. The molecule has 0 atom stereocenters. The molecule has 1 rings (SSSR count). The minimum atomic E-state index is -1.73. The van der Waals surface area contributed by atoms with Gasteiger partial charge in [0.05, 0.1) is 13.1 Å². The summed E-state index contributed by atoms with van der Waals surface area (Å²) < 4.78 is 0. The summed E-state index contributed by atoms with van der Waals surface area (Å²) in [7, 11) is 0. The number of nitrogens with zero attached hydrogens (tertiary/aromatic N) is 2. The maximum atomic E-state index is 11.5. The lowest BCUT2D eigenvalue weighted by atomic mass is 10.4. The minimum Gasteiger partial charge on any atom is -0.480 e. The monoisotopic (exact) mass is 378 g/mol. The van der Waals surface area contributed by atoms with Crippen LogP contribution in [-0.4, -0.2) is 95.1 Å². The average Bonchev–Trinajstić information content (AvgIpc) is 2.55. The minimum absolute atomic E-state index is 0.154. The normalized spacial score (nSPS) is 16.8. The lowest BCUT2D eigenvalue weighted by Gasteiger charge is -2.23. The number of hydrogen-bond donors (Lipinski definition) is 2. The molecule has 2 N–H and O–H groups in total. The zero-order valence-corrected chi connectivity index (χ0v) is 13.1. The number of carbonyl (C=O) groups excluding carboxylic acids is 4. The first-order valence-electron chi connectivity index (χ1n) is 6.88. The van der Waals surface area contributed by atoms with Crippen LogP contribution in [0.2, 0.25) is 0 Å². The van der Waals surface area contributed by atoms with Gasteiger partial charge in [0.15, 0.2) is 0 Å². The van der Waals surface area contributed by atoms with E-state index in [4.69, 9.17) is 10.2 Å². The van der Waals surface area contributed by atoms with Crippen LogP contribution in [0, 0.1) is 0 Å². The maximum absolute atomic E-state index is 11.5. The molecule has 0 unspecified atom stereocenters. The molecule has 1 heterocycles. The third-order valence-electron chi connectivity index (χ3n) is 2.74.